The number of thioether (sulfide) groups is 1. The van der Waals surface area contributed by atoms with Gasteiger partial charge in [-0.1, -0.05) is 17.8 Å². The number of ether oxygens (including phenoxy) is 2. The molecule has 31 heavy (non-hydrogen) atoms. The Morgan fingerprint density at radius 3 is 2.71 bits per heavy atom. The highest BCUT2D eigenvalue weighted by Crippen LogP contribution is 2.40. The van der Waals surface area contributed by atoms with Crippen molar-refractivity contribution in [2.45, 2.75) is 36.2 Å². The van der Waals surface area contributed by atoms with Crippen LogP contribution in [0.1, 0.15) is 35.3 Å². The van der Waals surface area contributed by atoms with Crippen molar-refractivity contribution in [2.24, 2.45) is 0 Å². The van der Waals surface area contributed by atoms with Crippen LogP contribution in [0.25, 0.3) is 10.6 Å². The van der Waals surface area contributed by atoms with E-state index in [-0.39, 0.29) is 0 Å². The van der Waals surface area contributed by atoms with Gasteiger partial charge in [0.15, 0.2) is 16.7 Å². The summed E-state index contributed by atoms with van der Waals surface area (Å²) in [5, 5.41) is 15.2. The van der Waals surface area contributed by atoms with E-state index in [1.807, 2.05) is 18.2 Å². The molecule has 0 bridgehead atoms. The molecule has 3 aromatic heterocycles. The van der Waals surface area contributed by atoms with Gasteiger partial charge in [-0.15, -0.1) is 32.9 Å². The molecule has 0 N–H and O–H groups in total. The number of thiazole rings is 1. The average molecular weight is 471 g/mol. The predicted molar refractivity (Wildman–Crippen MR) is 126 cm³/mol. The quantitative estimate of drug-likeness (QED) is 0.293. The average Bonchev–Trinajstić information content (AvgIpc) is 3.19. The molecular weight excluding hydrogens is 448 g/mol. The molecule has 5 rings (SSSR count). The maximum atomic E-state index is 5.42. The summed E-state index contributed by atoms with van der Waals surface area (Å²) >= 11 is 5.13. The highest BCUT2D eigenvalue weighted by atomic mass is 32.2. The lowest BCUT2D eigenvalue weighted by molar-refractivity contribution is 0.355. The fraction of sp³-hybridized carbons (Fsp3) is 0.318. The van der Waals surface area contributed by atoms with Crippen molar-refractivity contribution in [3.05, 3.63) is 57.5 Å². The van der Waals surface area contributed by atoms with E-state index in [1.165, 1.54) is 17.7 Å². The molecule has 0 aliphatic heterocycles. The molecule has 0 spiro atoms. The number of hydrogen-bond donors (Lipinski definition) is 0. The van der Waals surface area contributed by atoms with Crippen molar-refractivity contribution in [2.75, 3.05) is 14.2 Å². The molecule has 4 aromatic rings. The van der Waals surface area contributed by atoms with Crippen molar-refractivity contribution in [1.82, 2.24) is 19.7 Å². The Morgan fingerprint density at radius 1 is 1.10 bits per heavy atom. The van der Waals surface area contributed by atoms with Crippen molar-refractivity contribution < 1.29 is 9.47 Å². The summed E-state index contributed by atoms with van der Waals surface area (Å²) < 4.78 is 13.1. The minimum absolute atomic E-state index is 0.547. The first-order valence-electron chi connectivity index (χ1n) is 10.0. The summed E-state index contributed by atoms with van der Waals surface area (Å²) in [5.74, 6) is 3.27. The number of thiophene rings is 1. The second-order valence-corrected chi connectivity index (χ2v) is 10.1. The fourth-order valence-electron chi connectivity index (χ4n) is 3.41. The van der Waals surface area contributed by atoms with Gasteiger partial charge < -0.3 is 14.0 Å². The smallest absolute Gasteiger partial charge is 0.191 e. The second-order valence-electron chi connectivity index (χ2n) is 7.26. The summed E-state index contributed by atoms with van der Waals surface area (Å²) in [4.78, 5) is 6.15. The van der Waals surface area contributed by atoms with Gasteiger partial charge in [-0.3, -0.25) is 0 Å². The maximum Gasteiger partial charge on any atom is 0.191 e. The molecule has 0 atom stereocenters. The number of hydrogen-bond acceptors (Lipinski definition) is 8. The molecule has 1 fully saturated rings. The zero-order valence-corrected chi connectivity index (χ0v) is 19.7. The highest BCUT2D eigenvalue weighted by molar-refractivity contribution is 7.98. The molecule has 1 aliphatic carbocycles. The maximum absolute atomic E-state index is 5.42. The van der Waals surface area contributed by atoms with Gasteiger partial charge in [0.05, 0.1) is 19.9 Å². The fourth-order valence-corrected chi connectivity index (χ4v) is 5.95. The first-order chi connectivity index (χ1) is 15.2. The third kappa shape index (κ3) is 4.49. The van der Waals surface area contributed by atoms with E-state index in [9.17, 15) is 0 Å². The molecule has 0 radical (unpaired) electrons. The van der Waals surface area contributed by atoms with Crippen molar-refractivity contribution >= 4 is 34.4 Å². The van der Waals surface area contributed by atoms with E-state index in [0.29, 0.717) is 11.8 Å². The third-order valence-corrected chi connectivity index (χ3v) is 7.88. The number of nitrogens with zero attached hydrogens (tertiary/aromatic N) is 4. The molecule has 6 nitrogen and oxygen atoms in total. The topological polar surface area (TPSA) is 62.1 Å². The lowest BCUT2D eigenvalue weighted by atomic mass is 10.2. The molecule has 1 saturated carbocycles. The van der Waals surface area contributed by atoms with Crippen molar-refractivity contribution in [1.29, 1.82) is 0 Å². The molecule has 0 saturated heterocycles. The molecule has 1 aromatic carbocycles. The number of rotatable bonds is 9. The van der Waals surface area contributed by atoms with E-state index < -0.39 is 0 Å². The summed E-state index contributed by atoms with van der Waals surface area (Å²) in [5.41, 5.74) is 2.07. The molecular formula is C22H22N4O2S3. The first-order valence-corrected chi connectivity index (χ1v) is 12.8. The van der Waals surface area contributed by atoms with Crippen LogP contribution in [0.3, 0.4) is 0 Å². The van der Waals surface area contributed by atoms with Gasteiger partial charge in [-0.05, 0) is 42.5 Å². The number of benzene rings is 1. The Bertz CT molecular complexity index is 1170. The molecule has 9 heteroatoms. The molecule has 0 amide bonds. The van der Waals surface area contributed by atoms with Crippen LogP contribution in [-0.4, -0.2) is 34.0 Å². The summed E-state index contributed by atoms with van der Waals surface area (Å²) in [6.45, 7) is 0. The van der Waals surface area contributed by atoms with E-state index in [4.69, 9.17) is 14.5 Å². The minimum Gasteiger partial charge on any atom is -0.493 e. The van der Waals surface area contributed by atoms with Crippen LogP contribution in [0.2, 0.25) is 0 Å². The largest absolute Gasteiger partial charge is 0.493 e. The highest BCUT2D eigenvalue weighted by Gasteiger charge is 2.29. The zero-order valence-electron chi connectivity index (χ0n) is 17.3. The van der Waals surface area contributed by atoms with Crippen molar-refractivity contribution in [3.63, 3.8) is 0 Å². The standard InChI is InChI=1S/C22H22N4O2S3/c1-27-18-8-5-14(10-19(18)28-2)21-23-15(12-30-21)13-31-22-25-24-20(26(22)16-6-7-16)11-17-4-3-9-29-17/h3-5,8-10,12,16H,6-7,11,13H2,1-2H3. The molecule has 160 valence electrons. The lowest BCUT2D eigenvalue weighted by Gasteiger charge is -2.08. The Hall–Kier alpha value is -2.36. The summed E-state index contributed by atoms with van der Waals surface area (Å²) in [6, 6.07) is 10.7. The van der Waals surface area contributed by atoms with Crippen LogP contribution in [0, 0.1) is 0 Å². The van der Waals surface area contributed by atoms with Gasteiger partial charge in [0.2, 0.25) is 0 Å². The zero-order chi connectivity index (χ0) is 21.2. The van der Waals surface area contributed by atoms with Gasteiger partial charge in [-0.25, -0.2) is 4.98 Å². The second kappa shape index (κ2) is 9.02. The van der Waals surface area contributed by atoms with E-state index in [0.717, 1.165) is 45.2 Å². The molecule has 3 heterocycles. The monoisotopic (exact) mass is 470 g/mol. The van der Waals surface area contributed by atoms with Crippen molar-refractivity contribution in [3.8, 4) is 22.1 Å². The Morgan fingerprint density at radius 2 is 1.97 bits per heavy atom. The molecule has 0 unspecified atom stereocenters. The van der Waals surface area contributed by atoms with Crippen LogP contribution in [-0.2, 0) is 12.2 Å². The van der Waals surface area contributed by atoms with E-state index in [2.05, 4.69) is 37.7 Å². The van der Waals surface area contributed by atoms with Crippen LogP contribution in [0.15, 0.2) is 46.2 Å². The SMILES string of the molecule is COc1ccc(-c2nc(CSc3nnc(Cc4cccs4)n3C3CC3)cs2)cc1OC. The van der Waals surface area contributed by atoms with Crippen LogP contribution in [0.5, 0.6) is 11.5 Å². The van der Waals surface area contributed by atoms with Crippen LogP contribution in [0.4, 0.5) is 0 Å². The predicted octanol–water partition coefficient (Wildman–Crippen LogP) is 5.70. The van der Waals surface area contributed by atoms with Gasteiger partial charge in [-0.2, -0.15) is 0 Å². The number of methoxy groups -OCH3 is 2. The molecule has 1 aliphatic rings. The van der Waals surface area contributed by atoms with Gasteiger partial charge >= 0.3 is 0 Å². The minimum atomic E-state index is 0.547. The Balaban J connectivity index is 1.30. The van der Waals surface area contributed by atoms with E-state index in [1.54, 1.807) is 48.7 Å². The Kier molecular flexibility index (Phi) is 5.97. The normalized spacial score (nSPS) is 13.5. The lowest BCUT2D eigenvalue weighted by Crippen LogP contribution is -2.03. The van der Waals surface area contributed by atoms with Gasteiger partial charge in [0, 0.05) is 34.0 Å². The van der Waals surface area contributed by atoms with Crippen LogP contribution >= 0.6 is 34.4 Å². The number of aromatic nitrogens is 4. The summed E-state index contributed by atoms with van der Waals surface area (Å²) in [6.07, 6.45) is 3.27. The third-order valence-electron chi connectivity index (χ3n) is 5.09. The first kappa shape index (κ1) is 20.5. The van der Waals surface area contributed by atoms with E-state index >= 15 is 0 Å². The summed E-state index contributed by atoms with van der Waals surface area (Å²) in [7, 11) is 3.29. The van der Waals surface area contributed by atoms with Gasteiger partial charge in [0.25, 0.3) is 0 Å². The van der Waals surface area contributed by atoms with Crippen LogP contribution < -0.4 is 9.47 Å². The Labute approximate surface area is 193 Å². The van der Waals surface area contributed by atoms with Gasteiger partial charge in [0.1, 0.15) is 10.8 Å².